The number of benzene rings is 1. The Morgan fingerprint density at radius 2 is 1.83 bits per heavy atom. The molecule has 0 bridgehead atoms. The smallest absolute Gasteiger partial charge is 0.408 e. The number of unbranched alkanes of at least 4 members (excludes halogenated alkanes) is 1. The molecule has 2 aliphatic rings. The average molecular weight is 435 g/mol. The quantitative estimate of drug-likeness (QED) is 0.287. The standard InChI is InChI=1S/C20H26N4O3S2/c1-15-14-24(8-2-3-11-29(25,26)27)20(28-15)22-21-18-12-16-6-4-9-23-10-5-7-17(13-18)19(16)23/h12-14H,2-11H2,1H3. The number of anilines is 1. The second-order valence-corrected chi connectivity index (χ2v) is 10.5. The predicted octanol–water partition coefficient (Wildman–Crippen LogP) is 3.78. The molecule has 0 spiro atoms. The number of thiazole rings is 1. The van der Waals surface area contributed by atoms with Crippen molar-refractivity contribution in [1.29, 1.82) is 0 Å². The first-order chi connectivity index (χ1) is 13.9. The van der Waals surface area contributed by atoms with E-state index in [9.17, 15) is 13.0 Å². The molecule has 7 nitrogen and oxygen atoms in total. The first kappa shape index (κ1) is 20.4. The van der Waals surface area contributed by atoms with Gasteiger partial charge in [0.1, 0.15) is 11.9 Å². The second kappa shape index (κ2) is 8.49. The molecule has 0 aliphatic carbocycles. The normalized spacial score (nSPS) is 16.4. The Hall–Kier alpha value is -1.84. The molecule has 156 valence electrons. The molecule has 0 N–H and O–H groups in total. The van der Waals surface area contributed by atoms with Gasteiger partial charge in [-0.15, -0.1) is 0 Å². The van der Waals surface area contributed by atoms with Gasteiger partial charge in [-0.25, -0.2) is 13.0 Å². The van der Waals surface area contributed by atoms with E-state index >= 15 is 0 Å². The Kier molecular flexibility index (Phi) is 5.98. The number of hydrogen-bond donors (Lipinski definition) is 0. The van der Waals surface area contributed by atoms with Gasteiger partial charge < -0.3 is 9.45 Å². The number of rotatable bonds is 7. The minimum atomic E-state index is -4.15. The van der Waals surface area contributed by atoms with Gasteiger partial charge in [-0.1, -0.05) is 0 Å². The third-order valence-electron chi connectivity index (χ3n) is 5.45. The van der Waals surface area contributed by atoms with E-state index in [4.69, 9.17) is 0 Å². The van der Waals surface area contributed by atoms with E-state index in [2.05, 4.69) is 27.3 Å². The Labute approximate surface area is 175 Å². The lowest BCUT2D eigenvalue weighted by atomic mass is 9.91. The highest BCUT2D eigenvalue weighted by Gasteiger charge is 2.24. The number of nitrogens with zero attached hydrogens (tertiary/aromatic N) is 4. The van der Waals surface area contributed by atoms with Crippen molar-refractivity contribution in [1.82, 2.24) is 0 Å². The lowest BCUT2D eigenvalue weighted by Gasteiger charge is -2.36. The first-order valence-corrected chi connectivity index (χ1v) is 12.5. The van der Waals surface area contributed by atoms with Crippen LogP contribution in [0.5, 0.6) is 0 Å². The van der Waals surface area contributed by atoms with Crippen LogP contribution in [0.1, 0.15) is 41.7 Å². The van der Waals surface area contributed by atoms with Gasteiger partial charge in [0.25, 0.3) is 0 Å². The van der Waals surface area contributed by atoms with Crippen LogP contribution in [0.15, 0.2) is 28.6 Å². The number of aromatic nitrogens is 1. The Morgan fingerprint density at radius 1 is 1.14 bits per heavy atom. The minimum Gasteiger partial charge on any atom is -0.748 e. The Balaban J connectivity index is 1.50. The molecule has 0 unspecified atom stereocenters. The Bertz CT molecular complexity index is 999. The Morgan fingerprint density at radius 3 is 2.48 bits per heavy atom. The van der Waals surface area contributed by atoms with Crippen molar-refractivity contribution < 1.29 is 17.5 Å². The summed E-state index contributed by atoms with van der Waals surface area (Å²) in [4.78, 5) is 3.63. The van der Waals surface area contributed by atoms with Crippen LogP contribution in [-0.2, 0) is 29.5 Å². The van der Waals surface area contributed by atoms with E-state index in [-0.39, 0.29) is 5.75 Å². The largest absolute Gasteiger partial charge is 0.748 e. The summed E-state index contributed by atoms with van der Waals surface area (Å²) in [6.45, 7) is 4.95. The van der Waals surface area contributed by atoms with E-state index in [0.29, 0.717) is 19.4 Å². The van der Waals surface area contributed by atoms with Gasteiger partial charge in [0.2, 0.25) is 0 Å². The number of hydrogen-bond acceptors (Lipinski definition) is 7. The van der Waals surface area contributed by atoms with Crippen molar-refractivity contribution in [2.45, 2.75) is 52.0 Å². The molecule has 1 aromatic carbocycles. The van der Waals surface area contributed by atoms with E-state index in [1.807, 2.05) is 17.7 Å². The summed E-state index contributed by atoms with van der Waals surface area (Å²) in [5, 5.41) is 9.83. The van der Waals surface area contributed by atoms with Crippen molar-refractivity contribution in [2.75, 3.05) is 23.7 Å². The molecule has 3 heterocycles. The molecule has 9 heteroatoms. The fraction of sp³-hybridized carbons (Fsp3) is 0.550. The van der Waals surface area contributed by atoms with Crippen LogP contribution >= 0.6 is 11.3 Å². The molecule has 0 radical (unpaired) electrons. The molecular weight excluding hydrogens is 408 g/mol. The van der Waals surface area contributed by atoms with E-state index in [1.165, 1.54) is 29.7 Å². The van der Waals surface area contributed by atoms with Gasteiger partial charge in [0.05, 0.1) is 21.8 Å². The van der Waals surface area contributed by atoms with Gasteiger partial charge in [-0.05, 0) is 85.2 Å². The van der Waals surface area contributed by atoms with Gasteiger partial charge >= 0.3 is 5.13 Å². The fourth-order valence-corrected chi connectivity index (χ4v) is 5.61. The zero-order valence-corrected chi connectivity index (χ0v) is 18.3. The fourth-order valence-electron chi connectivity index (χ4n) is 4.25. The third kappa shape index (κ3) is 5.02. The molecule has 29 heavy (non-hydrogen) atoms. The monoisotopic (exact) mass is 434 g/mol. The number of azo groups is 1. The minimum absolute atomic E-state index is 0.317. The summed E-state index contributed by atoms with van der Waals surface area (Å²) in [5.41, 5.74) is 5.10. The third-order valence-corrected chi connectivity index (χ3v) is 7.16. The molecular formula is C20H26N4O3S2. The zero-order valence-electron chi connectivity index (χ0n) is 16.6. The molecule has 0 saturated heterocycles. The molecule has 4 rings (SSSR count). The topological polar surface area (TPSA) is 89.0 Å². The van der Waals surface area contributed by atoms with Crippen molar-refractivity contribution in [3.63, 3.8) is 0 Å². The lowest BCUT2D eigenvalue weighted by molar-refractivity contribution is -0.680. The summed E-state index contributed by atoms with van der Waals surface area (Å²) >= 11 is 1.56. The van der Waals surface area contributed by atoms with Crippen molar-refractivity contribution in [3.05, 3.63) is 34.3 Å². The molecule has 2 aromatic rings. The molecule has 2 aliphatic heterocycles. The van der Waals surface area contributed by atoms with Crippen molar-refractivity contribution in [3.8, 4) is 0 Å². The van der Waals surface area contributed by atoms with E-state index < -0.39 is 10.1 Å². The summed E-state index contributed by atoms with van der Waals surface area (Å²) in [7, 11) is -4.15. The van der Waals surface area contributed by atoms with Crippen LogP contribution in [0.3, 0.4) is 0 Å². The highest BCUT2D eigenvalue weighted by molar-refractivity contribution is 7.85. The molecule has 0 amide bonds. The van der Waals surface area contributed by atoms with Crippen LogP contribution < -0.4 is 9.47 Å². The summed E-state index contributed by atoms with van der Waals surface area (Å²) in [5.74, 6) is -0.317. The van der Waals surface area contributed by atoms with Crippen LogP contribution in [0.4, 0.5) is 16.5 Å². The lowest BCUT2D eigenvalue weighted by Crippen LogP contribution is -2.34. The van der Waals surface area contributed by atoms with Gasteiger partial charge in [0.15, 0.2) is 0 Å². The highest BCUT2D eigenvalue weighted by atomic mass is 32.2. The van der Waals surface area contributed by atoms with E-state index in [0.717, 1.165) is 41.6 Å². The van der Waals surface area contributed by atoms with Crippen LogP contribution in [0, 0.1) is 6.92 Å². The predicted molar refractivity (Wildman–Crippen MR) is 113 cm³/mol. The maximum absolute atomic E-state index is 10.8. The SMILES string of the molecule is Cc1c[n+](CCCCS(=O)(=O)[O-])c(N=Nc2cc3c4c(c2)CCCN4CCC3)s1. The van der Waals surface area contributed by atoms with Crippen molar-refractivity contribution in [2.24, 2.45) is 10.2 Å². The van der Waals surface area contributed by atoms with Gasteiger partial charge in [-0.3, -0.25) is 0 Å². The summed E-state index contributed by atoms with van der Waals surface area (Å²) in [6.07, 6.45) is 7.55. The van der Waals surface area contributed by atoms with Crippen LogP contribution in [0.25, 0.3) is 0 Å². The maximum Gasteiger partial charge on any atom is 0.408 e. The first-order valence-electron chi connectivity index (χ1n) is 10.1. The molecule has 0 saturated carbocycles. The van der Waals surface area contributed by atoms with Gasteiger partial charge in [0, 0.05) is 29.4 Å². The van der Waals surface area contributed by atoms with Crippen LogP contribution in [0.2, 0.25) is 0 Å². The van der Waals surface area contributed by atoms with Crippen LogP contribution in [-0.4, -0.2) is 31.8 Å². The molecule has 0 atom stereocenters. The highest BCUT2D eigenvalue weighted by Crippen LogP contribution is 2.38. The average Bonchev–Trinajstić information content (AvgIpc) is 3.03. The molecule has 1 aromatic heterocycles. The van der Waals surface area contributed by atoms with E-state index in [1.54, 1.807) is 11.3 Å². The maximum atomic E-state index is 10.8. The number of aryl methyl sites for hydroxylation is 4. The second-order valence-electron chi connectivity index (χ2n) is 7.79. The summed E-state index contributed by atoms with van der Waals surface area (Å²) in [6, 6.07) is 4.34. The summed E-state index contributed by atoms with van der Waals surface area (Å²) < 4.78 is 34.3. The van der Waals surface area contributed by atoms with Crippen molar-refractivity contribution >= 4 is 38.0 Å². The van der Waals surface area contributed by atoms with Gasteiger partial charge in [-0.2, -0.15) is 0 Å². The zero-order chi connectivity index (χ0) is 20.4. The molecule has 0 fully saturated rings.